The lowest BCUT2D eigenvalue weighted by Crippen LogP contribution is -2.50. The maximum Gasteiger partial charge on any atom is 0.501 e. The van der Waals surface area contributed by atoms with Gasteiger partial charge in [0, 0.05) is 30.0 Å². The Morgan fingerprint density at radius 1 is 0.923 bits per heavy atom. The molecule has 7 heteroatoms. The summed E-state index contributed by atoms with van der Waals surface area (Å²) in [6.45, 7) is 12.1. The summed E-state index contributed by atoms with van der Waals surface area (Å²) in [5.74, 6) is -0.364. The lowest BCUT2D eigenvalue weighted by Gasteiger charge is -2.34. The number of nitrogens with two attached hydrogens (primary N) is 1. The first-order valence-electron chi connectivity index (χ1n) is 9.19. The smallest absolute Gasteiger partial charge is 0.462 e. The minimum atomic E-state index is -2.85. The summed E-state index contributed by atoms with van der Waals surface area (Å²) < 4.78 is 23.7. The fraction of sp³-hybridized carbons (Fsp3) is 0.632. The van der Waals surface area contributed by atoms with E-state index in [0.29, 0.717) is 23.7 Å². The van der Waals surface area contributed by atoms with Crippen molar-refractivity contribution in [3.8, 4) is 0 Å². The van der Waals surface area contributed by atoms with Crippen molar-refractivity contribution in [2.24, 2.45) is 0 Å². The summed E-state index contributed by atoms with van der Waals surface area (Å²) >= 11 is 0. The lowest BCUT2D eigenvalue weighted by molar-refractivity contribution is 0.00113. The van der Waals surface area contributed by atoms with Gasteiger partial charge in [-0.25, -0.2) is 4.79 Å². The molecule has 0 amide bonds. The molecule has 0 aliphatic carbocycles. The maximum atomic E-state index is 12.1. The Bertz CT molecular complexity index is 519. The van der Waals surface area contributed by atoms with Gasteiger partial charge in [0.1, 0.15) is 0 Å². The van der Waals surface area contributed by atoms with Crippen molar-refractivity contribution >= 4 is 20.5 Å². The molecule has 6 nitrogen and oxygen atoms in total. The predicted molar refractivity (Wildman–Crippen MR) is 105 cm³/mol. The second kappa shape index (κ2) is 10.7. The summed E-state index contributed by atoms with van der Waals surface area (Å²) in [5.41, 5.74) is 6.72. The quantitative estimate of drug-likeness (QED) is 0.269. The monoisotopic (exact) mass is 383 g/mol. The van der Waals surface area contributed by atoms with Gasteiger partial charge in [0.25, 0.3) is 0 Å². The Labute approximate surface area is 158 Å². The molecule has 1 aromatic rings. The number of ether oxygens (including phenoxy) is 1. The van der Waals surface area contributed by atoms with Crippen LogP contribution < -0.4 is 5.73 Å². The molecule has 0 radical (unpaired) electrons. The molecule has 1 rings (SSSR count). The van der Waals surface area contributed by atoms with E-state index in [4.69, 9.17) is 23.7 Å². The van der Waals surface area contributed by atoms with Crippen molar-refractivity contribution in [3.63, 3.8) is 0 Å². The Kier molecular flexibility index (Phi) is 9.28. The van der Waals surface area contributed by atoms with Crippen molar-refractivity contribution < 1.29 is 22.8 Å². The van der Waals surface area contributed by atoms with Gasteiger partial charge >= 0.3 is 14.8 Å². The molecule has 0 atom stereocenters. The number of esters is 1. The SMILES string of the molecule is CC(C)O[Si](CCCOC(=O)c1ccc(N)cc1)(OC(C)C)OC(C)C. The highest BCUT2D eigenvalue weighted by Crippen LogP contribution is 2.24. The van der Waals surface area contributed by atoms with Crippen molar-refractivity contribution in [1.82, 2.24) is 0 Å². The van der Waals surface area contributed by atoms with Crippen molar-refractivity contribution in [2.75, 3.05) is 12.3 Å². The van der Waals surface area contributed by atoms with E-state index in [0.717, 1.165) is 0 Å². The van der Waals surface area contributed by atoms with Crippen LogP contribution >= 0.6 is 0 Å². The molecular weight excluding hydrogens is 350 g/mol. The molecule has 0 saturated carbocycles. The minimum Gasteiger partial charge on any atom is -0.462 e. The molecule has 0 spiro atoms. The number of anilines is 1. The largest absolute Gasteiger partial charge is 0.501 e. The average Bonchev–Trinajstić information content (AvgIpc) is 2.50. The van der Waals surface area contributed by atoms with Gasteiger partial charge in [0.15, 0.2) is 0 Å². The Morgan fingerprint density at radius 2 is 1.38 bits per heavy atom. The molecule has 0 saturated heterocycles. The molecular formula is C19H33NO5Si. The maximum absolute atomic E-state index is 12.1. The molecule has 0 aromatic heterocycles. The van der Waals surface area contributed by atoms with E-state index < -0.39 is 8.80 Å². The fourth-order valence-electron chi connectivity index (χ4n) is 2.49. The molecule has 148 valence electrons. The lowest BCUT2D eigenvalue weighted by atomic mass is 10.2. The van der Waals surface area contributed by atoms with Crippen LogP contribution in [0.25, 0.3) is 0 Å². The predicted octanol–water partition coefficient (Wildman–Crippen LogP) is 4.03. The van der Waals surface area contributed by atoms with E-state index in [1.165, 1.54) is 0 Å². The van der Waals surface area contributed by atoms with Crippen molar-refractivity contribution in [1.29, 1.82) is 0 Å². The van der Waals surface area contributed by atoms with Crippen LogP contribution in [0.5, 0.6) is 0 Å². The molecule has 26 heavy (non-hydrogen) atoms. The first kappa shape index (κ1) is 22.6. The second-order valence-corrected chi connectivity index (χ2v) is 9.62. The summed E-state index contributed by atoms with van der Waals surface area (Å²) in [6.07, 6.45) is 0.600. The number of nitrogen functional groups attached to an aromatic ring is 1. The van der Waals surface area contributed by atoms with Crippen molar-refractivity contribution in [2.45, 2.75) is 72.3 Å². The summed E-state index contributed by atoms with van der Waals surface area (Å²) in [7, 11) is -2.85. The highest BCUT2D eigenvalue weighted by Gasteiger charge is 2.43. The number of rotatable bonds is 11. The molecule has 2 N–H and O–H groups in total. The zero-order chi connectivity index (χ0) is 19.7. The van der Waals surface area contributed by atoms with Gasteiger partial charge in [-0.3, -0.25) is 0 Å². The molecule has 0 fully saturated rings. The van der Waals surface area contributed by atoms with Crippen LogP contribution in [-0.2, 0) is 18.0 Å². The van der Waals surface area contributed by atoms with Crippen molar-refractivity contribution in [3.05, 3.63) is 29.8 Å². The van der Waals surface area contributed by atoms with Crippen LogP contribution in [-0.4, -0.2) is 39.7 Å². The van der Waals surface area contributed by atoms with Crippen LogP contribution in [0.2, 0.25) is 6.04 Å². The summed E-state index contributed by atoms with van der Waals surface area (Å²) in [6, 6.07) is 7.26. The summed E-state index contributed by atoms with van der Waals surface area (Å²) in [5, 5.41) is 0. The third kappa shape index (κ3) is 8.31. The van der Waals surface area contributed by atoms with Gasteiger partial charge in [-0.05, 0) is 72.2 Å². The van der Waals surface area contributed by atoms with E-state index in [-0.39, 0.29) is 30.9 Å². The van der Waals surface area contributed by atoms with E-state index >= 15 is 0 Å². The van der Waals surface area contributed by atoms with Gasteiger partial charge in [-0.1, -0.05) is 0 Å². The zero-order valence-corrected chi connectivity index (χ0v) is 17.8. The average molecular weight is 384 g/mol. The minimum absolute atomic E-state index is 0.00325. The van der Waals surface area contributed by atoms with E-state index in [1.54, 1.807) is 24.3 Å². The normalized spacial score (nSPS) is 12.2. The highest BCUT2D eigenvalue weighted by molar-refractivity contribution is 6.60. The van der Waals surface area contributed by atoms with E-state index in [2.05, 4.69) is 0 Å². The van der Waals surface area contributed by atoms with Crippen LogP contribution in [0, 0.1) is 0 Å². The molecule has 0 aliphatic heterocycles. The molecule has 1 aromatic carbocycles. The van der Waals surface area contributed by atoms with Crippen LogP contribution in [0.4, 0.5) is 5.69 Å². The standard InChI is InChI=1S/C19H33NO5Si/c1-14(2)23-26(24-15(3)4,25-16(5)6)13-7-12-22-19(21)17-8-10-18(20)11-9-17/h8-11,14-16H,7,12-13,20H2,1-6H3. The first-order valence-corrected chi connectivity index (χ1v) is 11.1. The number of carbonyl (C=O) groups is 1. The van der Waals surface area contributed by atoms with Gasteiger partial charge < -0.3 is 23.7 Å². The molecule has 0 aliphatic rings. The first-order chi connectivity index (χ1) is 12.1. The van der Waals surface area contributed by atoms with Gasteiger partial charge in [-0.2, -0.15) is 0 Å². The van der Waals surface area contributed by atoms with Crippen LogP contribution in [0.15, 0.2) is 24.3 Å². The molecule has 0 heterocycles. The third-order valence-corrected chi connectivity index (χ3v) is 6.71. The van der Waals surface area contributed by atoms with Crippen LogP contribution in [0.3, 0.4) is 0 Å². The number of hydrogen-bond donors (Lipinski definition) is 1. The number of carbonyl (C=O) groups excluding carboxylic acids is 1. The fourth-order valence-corrected chi connectivity index (χ4v) is 5.75. The second-order valence-electron chi connectivity index (χ2n) is 7.04. The Morgan fingerprint density at radius 3 is 1.81 bits per heavy atom. The number of benzene rings is 1. The topological polar surface area (TPSA) is 80.0 Å². The van der Waals surface area contributed by atoms with Gasteiger partial charge in [-0.15, -0.1) is 0 Å². The third-order valence-electron chi connectivity index (χ3n) is 3.25. The van der Waals surface area contributed by atoms with E-state index in [9.17, 15) is 4.79 Å². The Balaban J connectivity index is 2.63. The summed E-state index contributed by atoms with van der Waals surface area (Å²) in [4.78, 5) is 12.1. The molecule has 0 bridgehead atoms. The number of hydrogen-bond acceptors (Lipinski definition) is 6. The Hall–Kier alpha value is -1.41. The highest BCUT2D eigenvalue weighted by atomic mass is 28.4. The molecule has 0 unspecified atom stereocenters. The van der Waals surface area contributed by atoms with E-state index in [1.807, 2.05) is 41.5 Å². The van der Waals surface area contributed by atoms with Gasteiger partial charge in [0.05, 0.1) is 12.2 Å². The van der Waals surface area contributed by atoms with Gasteiger partial charge in [0.2, 0.25) is 0 Å². The zero-order valence-electron chi connectivity index (χ0n) is 16.8. The van der Waals surface area contributed by atoms with Crippen LogP contribution in [0.1, 0.15) is 58.3 Å².